The summed E-state index contributed by atoms with van der Waals surface area (Å²) in [7, 11) is 1.55. The Kier molecular flexibility index (Phi) is 10.2. The van der Waals surface area contributed by atoms with E-state index in [4.69, 9.17) is 23.9 Å². The average molecular weight is 644 g/mol. The van der Waals surface area contributed by atoms with Gasteiger partial charge in [0.25, 0.3) is 5.56 Å². The van der Waals surface area contributed by atoms with Crippen molar-refractivity contribution in [3.05, 3.63) is 89.0 Å². The summed E-state index contributed by atoms with van der Waals surface area (Å²) in [6.45, 7) is 5.64. The Labute approximate surface area is 249 Å². The van der Waals surface area contributed by atoms with Crippen LogP contribution in [0.5, 0.6) is 11.5 Å². The molecule has 0 bridgehead atoms. The second-order valence-electron chi connectivity index (χ2n) is 8.93. The van der Waals surface area contributed by atoms with E-state index in [-0.39, 0.29) is 25.4 Å². The van der Waals surface area contributed by atoms with Gasteiger partial charge in [0, 0.05) is 15.6 Å². The lowest BCUT2D eigenvalue weighted by Crippen LogP contribution is -2.40. The normalized spacial score (nSPS) is 14.8. The topological polar surface area (TPSA) is 105 Å². The Morgan fingerprint density at radius 2 is 1.83 bits per heavy atom. The van der Waals surface area contributed by atoms with Gasteiger partial charge in [-0.15, -0.1) is 0 Å². The lowest BCUT2D eigenvalue weighted by molar-refractivity contribution is -0.145. The van der Waals surface area contributed by atoms with E-state index in [1.165, 1.54) is 15.9 Å². The van der Waals surface area contributed by atoms with Crippen LogP contribution < -0.4 is 24.4 Å². The molecule has 0 radical (unpaired) electrons. The number of ether oxygens (including phenoxy) is 4. The van der Waals surface area contributed by atoms with Crippen molar-refractivity contribution < 1.29 is 28.5 Å². The molecule has 0 unspecified atom stereocenters. The number of rotatable bonds is 11. The number of thiazole rings is 1. The predicted octanol–water partition coefficient (Wildman–Crippen LogP) is 4.29. The van der Waals surface area contributed by atoms with Gasteiger partial charge in [0.1, 0.15) is 17.5 Å². The molecule has 0 saturated carbocycles. The molecule has 2 heterocycles. The third-order valence-electron chi connectivity index (χ3n) is 6.23. The van der Waals surface area contributed by atoms with Gasteiger partial charge in [-0.1, -0.05) is 58.8 Å². The minimum Gasteiger partial charge on any atom is -0.496 e. The molecule has 11 heteroatoms. The van der Waals surface area contributed by atoms with Crippen LogP contribution in [0.25, 0.3) is 6.08 Å². The fourth-order valence-corrected chi connectivity index (χ4v) is 5.94. The van der Waals surface area contributed by atoms with Crippen LogP contribution in [0.4, 0.5) is 0 Å². The first-order valence-corrected chi connectivity index (χ1v) is 14.9. The maximum atomic E-state index is 14.1. The maximum absolute atomic E-state index is 14.1. The molecule has 0 spiro atoms. The fraction of sp³-hybridized carbons (Fsp3) is 0.333. The number of esters is 2. The molecular formula is C30H31BrN2O7S. The highest BCUT2D eigenvalue weighted by atomic mass is 79.9. The number of allylic oxidation sites excluding steroid dienone is 1. The van der Waals surface area contributed by atoms with Crippen LogP contribution in [-0.4, -0.2) is 43.4 Å². The smallest absolute Gasteiger partial charge is 0.344 e. The minimum absolute atomic E-state index is 0.178. The number of carbonyl (C=O) groups excluding carboxylic acids is 2. The van der Waals surface area contributed by atoms with E-state index in [0.29, 0.717) is 49.7 Å². The lowest BCUT2D eigenvalue weighted by atomic mass is 9.93. The number of carbonyl (C=O) groups is 2. The van der Waals surface area contributed by atoms with E-state index in [2.05, 4.69) is 15.9 Å². The maximum Gasteiger partial charge on any atom is 0.344 e. The van der Waals surface area contributed by atoms with E-state index >= 15 is 0 Å². The first-order chi connectivity index (χ1) is 19.8. The van der Waals surface area contributed by atoms with Gasteiger partial charge < -0.3 is 18.9 Å². The van der Waals surface area contributed by atoms with Crippen LogP contribution in [0.3, 0.4) is 0 Å². The van der Waals surface area contributed by atoms with Crippen molar-refractivity contribution in [1.29, 1.82) is 0 Å². The summed E-state index contributed by atoms with van der Waals surface area (Å²) in [4.78, 5) is 44.6. The van der Waals surface area contributed by atoms with E-state index in [0.717, 1.165) is 10.9 Å². The Morgan fingerprint density at radius 1 is 1.07 bits per heavy atom. The van der Waals surface area contributed by atoms with Crippen molar-refractivity contribution in [3.63, 3.8) is 0 Å². The van der Waals surface area contributed by atoms with E-state index < -0.39 is 18.0 Å². The number of benzene rings is 2. The molecule has 1 aromatic heterocycles. The number of hydrogen-bond donors (Lipinski definition) is 0. The Morgan fingerprint density at radius 3 is 2.54 bits per heavy atom. The third-order valence-corrected chi connectivity index (χ3v) is 7.71. The number of para-hydroxylation sites is 1. The number of hydrogen-bond acceptors (Lipinski definition) is 9. The molecule has 0 N–H and O–H groups in total. The van der Waals surface area contributed by atoms with Crippen LogP contribution in [0.2, 0.25) is 0 Å². The molecule has 216 valence electrons. The molecule has 9 nitrogen and oxygen atoms in total. The molecule has 0 fully saturated rings. The number of aromatic nitrogens is 1. The highest BCUT2D eigenvalue weighted by Crippen LogP contribution is 2.38. The van der Waals surface area contributed by atoms with Crippen molar-refractivity contribution in [2.75, 3.05) is 26.9 Å². The summed E-state index contributed by atoms with van der Waals surface area (Å²) in [5, 5.41) is 0. The van der Waals surface area contributed by atoms with Gasteiger partial charge in [0.2, 0.25) is 0 Å². The number of nitrogens with zero attached hydrogens (tertiary/aromatic N) is 2. The monoisotopic (exact) mass is 642 g/mol. The van der Waals surface area contributed by atoms with Crippen LogP contribution in [0.15, 0.2) is 68.0 Å². The minimum atomic E-state index is -0.822. The first kappa shape index (κ1) is 30.3. The number of methoxy groups -OCH3 is 1. The Hall–Kier alpha value is -3.70. The standard InChI is InChI=1S/C30H31BrN2O7S/c1-5-10-21-26(29(36)39-7-3)27(20-16-19(31)13-14-23(20)37-4)33-28(35)24(41-30(33)32-21)15-18-11-8-9-12-22(18)40-17-25(34)38-6-2/h8-9,11-16,27H,5-7,10,17H2,1-4H3/b24-15+/t27-/m1/s1. The zero-order chi connectivity index (χ0) is 29.5. The molecule has 41 heavy (non-hydrogen) atoms. The molecular weight excluding hydrogens is 612 g/mol. The molecule has 1 aliphatic heterocycles. The highest BCUT2D eigenvalue weighted by Gasteiger charge is 2.36. The summed E-state index contributed by atoms with van der Waals surface area (Å²) < 4.78 is 24.5. The SMILES string of the molecule is CCCC1=C(C(=O)OCC)[C@@H](c2cc(Br)ccc2OC)n2c(s/c(=C/c3ccccc3OCC(=O)OCC)c2=O)=N1. The van der Waals surface area contributed by atoms with E-state index in [9.17, 15) is 14.4 Å². The van der Waals surface area contributed by atoms with Gasteiger partial charge in [-0.2, -0.15) is 0 Å². The Balaban J connectivity index is 1.94. The fourth-order valence-electron chi connectivity index (χ4n) is 4.55. The lowest BCUT2D eigenvalue weighted by Gasteiger charge is -2.27. The molecule has 0 aliphatic carbocycles. The van der Waals surface area contributed by atoms with Crippen molar-refractivity contribution in [1.82, 2.24) is 4.57 Å². The van der Waals surface area contributed by atoms with Gasteiger partial charge in [-0.3, -0.25) is 9.36 Å². The van der Waals surface area contributed by atoms with Gasteiger partial charge in [0.05, 0.1) is 36.1 Å². The van der Waals surface area contributed by atoms with Crippen LogP contribution in [0, 0.1) is 0 Å². The van der Waals surface area contributed by atoms with Crippen LogP contribution in [-0.2, 0) is 19.1 Å². The van der Waals surface area contributed by atoms with Crippen molar-refractivity contribution >= 4 is 45.3 Å². The predicted molar refractivity (Wildman–Crippen MR) is 159 cm³/mol. The van der Waals surface area contributed by atoms with Crippen molar-refractivity contribution in [2.45, 2.75) is 39.7 Å². The van der Waals surface area contributed by atoms with Crippen molar-refractivity contribution in [2.24, 2.45) is 4.99 Å². The zero-order valence-electron chi connectivity index (χ0n) is 23.3. The number of fused-ring (bicyclic) bond motifs is 1. The quantitative estimate of drug-likeness (QED) is 0.287. The molecule has 1 atom stereocenters. The average Bonchev–Trinajstić information content (AvgIpc) is 3.26. The largest absolute Gasteiger partial charge is 0.496 e. The molecule has 3 aromatic rings. The summed E-state index contributed by atoms with van der Waals surface area (Å²) in [6, 6.07) is 11.7. The van der Waals surface area contributed by atoms with Gasteiger partial charge in [-0.05, 0) is 50.6 Å². The van der Waals surface area contributed by atoms with E-state index in [1.54, 1.807) is 51.3 Å². The summed E-state index contributed by atoms with van der Waals surface area (Å²) in [5.74, 6) is -0.0705. The zero-order valence-corrected chi connectivity index (χ0v) is 25.7. The first-order valence-electron chi connectivity index (χ1n) is 13.3. The molecule has 0 amide bonds. The second-order valence-corrected chi connectivity index (χ2v) is 10.9. The molecule has 0 saturated heterocycles. The summed E-state index contributed by atoms with van der Waals surface area (Å²) in [6.07, 6.45) is 2.97. The van der Waals surface area contributed by atoms with Gasteiger partial charge >= 0.3 is 11.9 Å². The molecule has 1 aliphatic rings. The van der Waals surface area contributed by atoms with Gasteiger partial charge in [-0.25, -0.2) is 14.6 Å². The van der Waals surface area contributed by atoms with Gasteiger partial charge in [0.15, 0.2) is 11.4 Å². The molecule has 4 rings (SSSR count). The van der Waals surface area contributed by atoms with Crippen molar-refractivity contribution in [3.8, 4) is 11.5 Å². The summed E-state index contributed by atoms with van der Waals surface area (Å²) in [5.41, 5.74) is 1.78. The van der Waals surface area contributed by atoms with E-state index in [1.807, 2.05) is 25.1 Å². The highest BCUT2D eigenvalue weighted by molar-refractivity contribution is 9.10. The Bertz CT molecular complexity index is 1660. The van der Waals surface area contributed by atoms with Crippen LogP contribution in [0.1, 0.15) is 50.8 Å². The third kappa shape index (κ3) is 6.62. The van der Waals surface area contributed by atoms with Crippen LogP contribution >= 0.6 is 27.3 Å². The molecule has 2 aromatic carbocycles. The second kappa shape index (κ2) is 13.8. The summed E-state index contributed by atoms with van der Waals surface area (Å²) >= 11 is 4.74. The number of halogens is 1.